The number of aliphatic hydroxyl groups excluding tert-OH is 1. The van der Waals surface area contributed by atoms with E-state index in [0.29, 0.717) is 11.1 Å². The Morgan fingerprint density at radius 2 is 2.19 bits per heavy atom. The maximum Gasteiger partial charge on any atom is 0.0558 e. The predicted octanol–water partition coefficient (Wildman–Crippen LogP) is 3.13. The smallest absolute Gasteiger partial charge is 0.0558 e. The molecule has 1 atom stereocenters. The summed E-state index contributed by atoms with van der Waals surface area (Å²) in [5.41, 5.74) is 0. The van der Waals surface area contributed by atoms with Gasteiger partial charge in [-0.1, -0.05) is 23.2 Å². The van der Waals surface area contributed by atoms with Gasteiger partial charge in [-0.25, -0.2) is 0 Å². The maximum atomic E-state index is 9.20. The van der Waals surface area contributed by atoms with Gasteiger partial charge in [0.2, 0.25) is 0 Å². The summed E-state index contributed by atoms with van der Waals surface area (Å²) in [7, 11) is 0. The molecule has 6 heteroatoms. The van der Waals surface area contributed by atoms with Crippen molar-refractivity contribution in [2.24, 2.45) is 0 Å². The fourth-order valence-corrected chi connectivity index (χ4v) is 4.04. The Morgan fingerprint density at radius 1 is 1.33 bits per heavy atom. The number of aliphatic hydroxyl groups is 1. The summed E-state index contributed by atoms with van der Waals surface area (Å²) in [6.07, 6.45) is 2.49. The number of nitrogens with zero attached hydrogens (tertiary/aromatic N) is 1. The van der Waals surface area contributed by atoms with Crippen molar-refractivity contribution in [1.82, 2.24) is 10.2 Å². The highest BCUT2D eigenvalue weighted by molar-refractivity contribution is 7.99. The molecule has 1 aromatic carbocycles. The van der Waals surface area contributed by atoms with Crippen LogP contribution in [-0.4, -0.2) is 54.6 Å². The number of rotatable bonds is 8. The number of halogens is 2. The average Bonchev–Trinajstić information content (AvgIpc) is 2.96. The van der Waals surface area contributed by atoms with Crippen LogP contribution < -0.4 is 5.32 Å². The lowest BCUT2D eigenvalue weighted by atomic mass is 10.2. The quantitative estimate of drug-likeness (QED) is 0.707. The third-order valence-corrected chi connectivity index (χ3v) is 5.33. The first-order valence-electron chi connectivity index (χ1n) is 7.33. The molecule has 0 bridgehead atoms. The van der Waals surface area contributed by atoms with Crippen LogP contribution in [0.4, 0.5) is 0 Å². The van der Waals surface area contributed by atoms with Crippen LogP contribution in [0.1, 0.15) is 12.8 Å². The van der Waals surface area contributed by atoms with E-state index >= 15 is 0 Å². The third-order valence-electron chi connectivity index (χ3n) is 3.62. The average molecular weight is 349 g/mol. The molecule has 1 unspecified atom stereocenters. The molecule has 0 aromatic heterocycles. The molecule has 118 valence electrons. The van der Waals surface area contributed by atoms with Gasteiger partial charge in [-0.15, -0.1) is 11.8 Å². The minimum absolute atomic E-state index is 0.204. The number of hydrogen-bond donors (Lipinski definition) is 2. The van der Waals surface area contributed by atoms with E-state index in [1.54, 1.807) is 17.8 Å². The molecular weight excluding hydrogens is 327 g/mol. The predicted molar refractivity (Wildman–Crippen MR) is 91.7 cm³/mol. The van der Waals surface area contributed by atoms with Crippen LogP contribution in [0, 0.1) is 0 Å². The van der Waals surface area contributed by atoms with Crippen molar-refractivity contribution in [3.05, 3.63) is 28.2 Å². The van der Waals surface area contributed by atoms with Crippen LogP contribution >= 0.6 is 35.0 Å². The van der Waals surface area contributed by atoms with Crippen molar-refractivity contribution in [2.75, 3.05) is 38.5 Å². The van der Waals surface area contributed by atoms with E-state index in [2.05, 4.69) is 10.2 Å². The molecule has 21 heavy (non-hydrogen) atoms. The van der Waals surface area contributed by atoms with Gasteiger partial charge in [0.15, 0.2) is 0 Å². The summed E-state index contributed by atoms with van der Waals surface area (Å²) in [5.74, 6) is 0.937. The van der Waals surface area contributed by atoms with Crippen molar-refractivity contribution < 1.29 is 5.11 Å². The summed E-state index contributed by atoms with van der Waals surface area (Å²) >= 11 is 13.9. The first-order valence-corrected chi connectivity index (χ1v) is 9.07. The van der Waals surface area contributed by atoms with Gasteiger partial charge in [-0.3, -0.25) is 4.90 Å². The molecule has 1 aliphatic heterocycles. The number of nitrogens with one attached hydrogen (secondary N) is 1. The maximum absolute atomic E-state index is 9.20. The second-order valence-corrected chi connectivity index (χ2v) is 7.22. The molecule has 3 nitrogen and oxygen atoms in total. The fourth-order valence-electron chi connectivity index (χ4n) is 2.53. The molecule has 1 fully saturated rings. The highest BCUT2D eigenvalue weighted by atomic mass is 35.5. The Labute approximate surface area is 141 Å². The minimum Gasteiger partial charge on any atom is -0.395 e. The third kappa shape index (κ3) is 5.97. The van der Waals surface area contributed by atoms with Crippen molar-refractivity contribution in [2.45, 2.75) is 23.8 Å². The monoisotopic (exact) mass is 348 g/mol. The van der Waals surface area contributed by atoms with Gasteiger partial charge in [0.25, 0.3) is 0 Å². The molecule has 0 saturated carbocycles. The summed E-state index contributed by atoms with van der Waals surface area (Å²) in [6.45, 7) is 3.98. The van der Waals surface area contributed by atoms with Crippen LogP contribution in [0.2, 0.25) is 10.0 Å². The minimum atomic E-state index is 0.204. The zero-order valence-electron chi connectivity index (χ0n) is 12.0. The molecule has 2 rings (SSSR count). The molecule has 1 aromatic rings. The molecule has 0 aliphatic carbocycles. The van der Waals surface area contributed by atoms with Gasteiger partial charge in [0.1, 0.15) is 0 Å². The van der Waals surface area contributed by atoms with E-state index in [1.807, 2.05) is 12.1 Å². The first kappa shape index (κ1) is 17.4. The van der Waals surface area contributed by atoms with Crippen molar-refractivity contribution >= 4 is 35.0 Å². The van der Waals surface area contributed by atoms with Gasteiger partial charge in [0, 0.05) is 41.3 Å². The van der Waals surface area contributed by atoms with Crippen LogP contribution in [0.25, 0.3) is 0 Å². The molecule has 1 aliphatic rings. The lowest BCUT2D eigenvalue weighted by molar-refractivity contribution is 0.192. The molecular formula is C15H22Cl2N2OS. The molecule has 0 spiro atoms. The van der Waals surface area contributed by atoms with Crippen molar-refractivity contribution in [3.63, 3.8) is 0 Å². The highest BCUT2D eigenvalue weighted by Gasteiger charge is 2.17. The molecule has 0 amide bonds. The lowest BCUT2D eigenvalue weighted by Crippen LogP contribution is -2.40. The topological polar surface area (TPSA) is 35.5 Å². The van der Waals surface area contributed by atoms with Gasteiger partial charge < -0.3 is 10.4 Å². The van der Waals surface area contributed by atoms with Crippen LogP contribution in [-0.2, 0) is 0 Å². The van der Waals surface area contributed by atoms with Crippen molar-refractivity contribution in [1.29, 1.82) is 0 Å². The zero-order valence-corrected chi connectivity index (χ0v) is 14.4. The molecule has 0 radical (unpaired) electrons. The van der Waals surface area contributed by atoms with Crippen LogP contribution in [0.15, 0.2) is 23.1 Å². The number of hydrogen-bond acceptors (Lipinski definition) is 4. The Hall–Kier alpha value is 0.0300. The zero-order chi connectivity index (χ0) is 15.1. The summed E-state index contributed by atoms with van der Waals surface area (Å²) in [6, 6.07) is 6.11. The van der Waals surface area contributed by atoms with E-state index in [-0.39, 0.29) is 6.61 Å². The fraction of sp³-hybridized carbons (Fsp3) is 0.600. The SMILES string of the molecule is OCCN(CCSc1cc(Cl)ccc1Cl)CC1CCCN1. The Morgan fingerprint density at radius 3 is 2.90 bits per heavy atom. The second kappa shape index (κ2) is 9.23. The Bertz CT molecular complexity index is 442. The lowest BCUT2D eigenvalue weighted by Gasteiger charge is -2.24. The largest absolute Gasteiger partial charge is 0.395 e. The van der Waals surface area contributed by atoms with Crippen LogP contribution in [0.3, 0.4) is 0 Å². The molecule has 1 heterocycles. The highest BCUT2D eigenvalue weighted by Crippen LogP contribution is 2.29. The van der Waals surface area contributed by atoms with E-state index in [9.17, 15) is 5.11 Å². The first-order chi connectivity index (χ1) is 10.2. The van der Waals surface area contributed by atoms with E-state index in [0.717, 1.165) is 41.8 Å². The van der Waals surface area contributed by atoms with Gasteiger partial charge in [-0.05, 0) is 37.6 Å². The van der Waals surface area contributed by atoms with Gasteiger partial charge >= 0.3 is 0 Å². The van der Waals surface area contributed by atoms with Gasteiger partial charge in [-0.2, -0.15) is 0 Å². The van der Waals surface area contributed by atoms with E-state index in [4.69, 9.17) is 23.2 Å². The summed E-state index contributed by atoms with van der Waals surface area (Å²) in [5, 5.41) is 14.2. The van der Waals surface area contributed by atoms with Crippen molar-refractivity contribution in [3.8, 4) is 0 Å². The Kier molecular flexibility index (Phi) is 7.64. The van der Waals surface area contributed by atoms with Crippen LogP contribution in [0.5, 0.6) is 0 Å². The second-order valence-electron chi connectivity index (χ2n) is 5.24. The standard InChI is InChI=1S/C15H22Cl2N2OS/c16-12-3-4-14(17)15(10-12)21-9-7-19(6-8-20)11-13-2-1-5-18-13/h3-4,10,13,18,20H,1-2,5-9,11H2. The summed E-state index contributed by atoms with van der Waals surface area (Å²) < 4.78 is 0. The molecule has 1 saturated heterocycles. The Balaban J connectivity index is 1.79. The molecule has 2 N–H and O–H groups in total. The van der Waals surface area contributed by atoms with Gasteiger partial charge in [0.05, 0.1) is 11.6 Å². The summed E-state index contributed by atoms with van der Waals surface area (Å²) in [4.78, 5) is 3.33. The number of benzene rings is 1. The number of thioether (sulfide) groups is 1. The van der Waals surface area contributed by atoms with E-state index < -0.39 is 0 Å². The van der Waals surface area contributed by atoms with E-state index in [1.165, 1.54) is 12.8 Å². The normalized spacial score (nSPS) is 18.6.